The third-order valence-corrected chi connectivity index (χ3v) is 3.87. The maximum Gasteiger partial charge on any atom is 0.257 e. The van der Waals surface area contributed by atoms with Crippen LogP contribution in [0, 0.1) is 6.92 Å². The first-order chi connectivity index (χ1) is 9.22. The van der Waals surface area contributed by atoms with Gasteiger partial charge < -0.3 is 4.42 Å². The lowest BCUT2D eigenvalue weighted by molar-refractivity contribution is 0.475. The number of thiophene rings is 1. The normalized spacial score (nSPS) is 11.1. The third-order valence-electron chi connectivity index (χ3n) is 2.64. The molecule has 0 aliphatic heterocycles. The first-order valence-electron chi connectivity index (χ1n) is 5.78. The SMILES string of the molecule is Cc1nn(CCc2nnc(-c3cccs3)o2)cc1Cl. The number of rotatable bonds is 4. The highest BCUT2D eigenvalue weighted by atomic mass is 35.5. The van der Waals surface area contributed by atoms with Gasteiger partial charge in [-0.1, -0.05) is 17.7 Å². The molecule has 19 heavy (non-hydrogen) atoms. The third kappa shape index (κ3) is 2.69. The zero-order chi connectivity index (χ0) is 13.2. The van der Waals surface area contributed by atoms with Crippen LogP contribution in [0.2, 0.25) is 5.02 Å². The lowest BCUT2D eigenvalue weighted by Crippen LogP contribution is -2.02. The molecule has 0 radical (unpaired) electrons. The predicted molar refractivity (Wildman–Crippen MR) is 73.3 cm³/mol. The summed E-state index contributed by atoms with van der Waals surface area (Å²) in [7, 11) is 0. The smallest absolute Gasteiger partial charge is 0.257 e. The molecule has 0 aromatic carbocycles. The highest BCUT2D eigenvalue weighted by molar-refractivity contribution is 7.13. The van der Waals surface area contributed by atoms with Gasteiger partial charge in [0.15, 0.2) is 0 Å². The number of aryl methyl sites for hydroxylation is 3. The van der Waals surface area contributed by atoms with E-state index >= 15 is 0 Å². The van der Waals surface area contributed by atoms with Crippen molar-refractivity contribution >= 4 is 22.9 Å². The zero-order valence-electron chi connectivity index (χ0n) is 10.2. The number of halogens is 1. The fourth-order valence-corrected chi connectivity index (χ4v) is 2.47. The van der Waals surface area contributed by atoms with Crippen LogP contribution >= 0.6 is 22.9 Å². The summed E-state index contributed by atoms with van der Waals surface area (Å²) in [5.41, 5.74) is 0.825. The van der Waals surface area contributed by atoms with E-state index in [4.69, 9.17) is 16.0 Å². The molecular formula is C12H11ClN4OS. The van der Waals surface area contributed by atoms with Crippen molar-refractivity contribution in [2.75, 3.05) is 0 Å². The van der Waals surface area contributed by atoms with Crippen LogP contribution in [0.1, 0.15) is 11.6 Å². The Hall–Kier alpha value is -1.66. The Morgan fingerprint density at radius 1 is 1.42 bits per heavy atom. The number of hydrogen-bond acceptors (Lipinski definition) is 5. The van der Waals surface area contributed by atoms with Crippen molar-refractivity contribution in [2.24, 2.45) is 0 Å². The predicted octanol–water partition coefficient (Wildman–Crippen LogP) is 3.20. The maximum absolute atomic E-state index is 5.95. The molecule has 0 fully saturated rings. The number of aromatic nitrogens is 4. The Bertz CT molecular complexity index is 654. The molecule has 0 saturated heterocycles. The molecule has 0 bridgehead atoms. The Balaban J connectivity index is 1.67. The van der Waals surface area contributed by atoms with E-state index in [1.54, 1.807) is 22.2 Å². The molecule has 5 nitrogen and oxygen atoms in total. The van der Waals surface area contributed by atoms with E-state index in [0.717, 1.165) is 10.6 Å². The molecular weight excluding hydrogens is 284 g/mol. The van der Waals surface area contributed by atoms with Crippen LogP contribution in [-0.2, 0) is 13.0 Å². The summed E-state index contributed by atoms with van der Waals surface area (Å²) >= 11 is 7.53. The maximum atomic E-state index is 5.95. The largest absolute Gasteiger partial charge is 0.420 e. The van der Waals surface area contributed by atoms with E-state index in [2.05, 4.69) is 15.3 Å². The molecule has 3 aromatic rings. The van der Waals surface area contributed by atoms with Crippen LogP contribution < -0.4 is 0 Å². The van der Waals surface area contributed by atoms with Crippen molar-refractivity contribution in [1.82, 2.24) is 20.0 Å². The molecule has 7 heteroatoms. The molecule has 3 rings (SSSR count). The molecule has 0 aliphatic carbocycles. The van der Waals surface area contributed by atoms with Gasteiger partial charge in [-0.2, -0.15) is 5.10 Å². The molecule has 0 N–H and O–H groups in total. The van der Waals surface area contributed by atoms with Crippen molar-refractivity contribution in [1.29, 1.82) is 0 Å². The van der Waals surface area contributed by atoms with E-state index in [0.29, 0.717) is 29.8 Å². The quantitative estimate of drug-likeness (QED) is 0.741. The second-order valence-electron chi connectivity index (χ2n) is 4.05. The monoisotopic (exact) mass is 294 g/mol. The zero-order valence-corrected chi connectivity index (χ0v) is 11.8. The molecule has 98 valence electrons. The van der Waals surface area contributed by atoms with E-state index in [1.807, 2.05) is 24.4 Å². The Morgan fingerprint density at radius 2 is 2.32 bits per heavy atom. The molecule has 3 heterocycles. The topological polar surface area (TPSA) is 56.7 Å². The second-order valence-corrected chi connectivity index (χ2v) is 5.41. The number of hydrogen-bond donors (Lipinski definition) is 0. The van der Waals surface area contributed by atoms with Crippen LogP contribution in [0.5, 0.6) is 0 Å². The minimum absolute atomic E-state index is 0.569. The van der Waals surface area contributed by atoms with Crippen molar-refractivity contribution in [3.63, 3.8) is 0 Å². The Labute approximate surface area is 118 Å². The second kappa shape index (κ2) is 5.14. The van der Waals surface area contributed by atoms with Crippen molar-refractivity contribution in [3.05, 3.63) is 40.3 Å². The summed E-state index contributed by atoms with van der Waals surface area (Å²) < 4.78 is 7.39. The van der Waals surface area contributed by atoms with Crippen LogP contribution in [0.25, 0.3) is 10.8 Å². The van der Waals surface area contributed by atoms with Gasteiger partial charge in [-0.3, -0.25) is 4.68 Å². The fourth-order valence-electron chi connectivity index (χ4n) is 1.67. The van der Waals surface area contributed by atoms with Gasteiger partial charge in [0, 0.05) is 19.2 Å². The molecule has 0 saturated carbocycles. The highest BCUT2D eigenvalue weighted by Crippen LogP contribution is 2.23. The van der Waals surface area contributed by atoms with E-state index in [-0.39, 0.29) is 0 Å². The molecule has 0 unspecified atom stereocenters. The van der Waals surface area contributed by atoms with Gasteiger partial charge in [-0.25, -0.2) is 0 Å². The Kier molecular flexibility index (Phi) is 3.35. The fraction of sp³-hybridized carbons (Fsp3) is 0.250. The van der Waals surface area contributed by atoms with Gasteiger partial charge in [0.25, 0.3) is 5.89 Å². The van der Waals surface area contributed by atoms with E-state index < -0.39 is 0 Å². The van der Waals surface area contributed by atoms with Crippen LogP contribution in [-0.4, -0.2) is 20.0 Å². The lowest BCUT2D eigenvalue weighted by Gasteiger charge is -1.96. The van der Waals surface area contributed by atoms with Gasteiger partial charge in [0.1, 0.15) is 0 Å². The molecule has 0 spiro atoms. The first-order valence-corrected chi connectivity index (χ1v) is 7.04. The lowest BCUT2D eigenvalue weighted by atomic mass is 10.4. The summed E-state index contributed by atoms with van der Waals surface area (Å²) in [5.74, 6) is 1.17. The van der Waals surface area contributed by atoms with E-state index in [1.165, 1.54) is 0 Å². The van der Waals surface area contributed by atoms with Gasteiger partial charge in [0.05, 0.1) is 15.6 Å². The Morgan fingerprint density at radius 3 is 3.00 bits per heavy atom. The van der Waals surface area contributed by atoms with Crippen molar-refractivity contribution in [2.45, 2.75) is 19.9 Å². The van der Waals surface area contributed by atoms with E-state index in [9.17, 15) is 0 Å². The minimum atomic E-state index is 0.569. The van der Waals surface area contributed by atoms with Crippen molar-refractivity contribution < 1.29 is 4.42 Å². The summed E-state index contributed by atoms with van der Waals surface area (Å²) in [6.07, 6.45) is 2.43. The van der Waals surface area contributed by atoms with Gasteiger partial charge in [0.2, 0.25) is 5.89 Å². The van der Waals surface area contributed by atoms with Crippen LogP contribution in [0.4, 0.5) is 0 Å². The average Bonchev–Trinajstić information content (AvgIpc) is 3.09. The highest BCUT2D eigenvalue weighted by Gasteiger charge is 2.10. The summed E-state index contributed by atoms with van der Waals surface area (Å²) in [6, 6.07) is 3.91. The average molecular weight is 295 g/mol. The molecule has 3 aromatic heterocycles. The summed E-state index contributed by atoms with van der Waals surface area (Å²) in [6.45, 7) is 2.54. The summed E-state index contributed by atoms with van der Waals surface area (Å²) in [5, 5.41) is 15.0. The van der Waals surface area contributed by atoms with Gasteiger partial charge in [-0.15, -0.1) is 21.5 Å². The first kappa shape index (κ1) is 12.4. The van der Waals surface area contributed by atoms with Crippen LogP contribution in [0.3, 0.4) is 0 Å². The minimum Gasteiger partial charge on any atom is -0.420 e. The van der Waals surface area contributed by atoms with Crippen LogP contribution in [0.15, 0.2) is 28.1 Å². The number of nitrogens with zero attached hydrogens (tertiary/aromatic N) is 4. The standard InChI is InChI=1S/C12H11ClN4OS/c1-8-9(13)7-17(16-8)5-4-11-14-15-12(18-11)10-3-2-6-19-10/h2-3,6-7H,4-5H2,1H3. The summed E-state index contributed by atoms with van der Waals surface area (Å²) in [4.78, 5) is 0.983. The molecule has 0 atom stereocenters. The molecule has 0 amide bonds. The van der Waals surface area contributed by atoms with Crippen molar-refractivity contribution in [3.8, 4) is 10.8 Å². The van der Waals surface area contributed by atoms with Gasteiger partial charge in [-0.05, 0) is 18.4 Å². The van der Waals surface area contributed by atoms with Gasteiger partial charge >= 0.3 is 0 Å². The molecule has 0 aliphatic rings.